The molecule has 1 aromatic rings. The third-order valence-corrected chi connectivity index (χ3v) is 2.48. The number of carbonyl (C=O) groups is 1. The second-order valence-corrected chi connectivity index (χ2v) is 3.59. The van der Waals surface area contributed by atoms with Crippen LogP contribution >= 0.6 is 0 Å². The molecule has 4 heteroatoms. The molecule has 0 saturated carbocycles. The lowest BCUT2D eigenvalue weighted by Crippen LogP contribution is -2.36. The summed E-state index contributed by atoms with van der Waals surface area (Å²) >= 11 is 0. The first-order valence-corrected chi connectivity index (χ1v) is 5.22. The number of carbonyl (C=O) groups excluding carboxylic acids is 1. The van der Waals surface area contributed by atoms with Crippen LogP contribution in [0.3, 0.4) is 0 Å². The van der Waals surface area contributed by atoms with Crippen LogP contribution in [-0.4, -0.2) is 12.5 Å². The van der Waals surface area contributed by atoms with E-state index >= 15 is 0 Å². The highest BCUT2D eigenvalue weighted by atomic mass is 16.3. The quantitative estimate of drug-likeness (QED) is 0.772. The number of hydrogen-bond acceptors (Lipinski definition) is 3. The summed E-state index contributed by atoms with van der Waals surface area (Å²) in [6, 6.07) is 3.54. The van der Waals surface area contributed by atoms with Crippen LogP contribution in [0.15, 0.2) is 22.8 Å². The van der Waals surface area contributed by atoms with Gasteiger partial charge in [0, 0.05) is 12.5 Å². The lowest BCUT2D eigenvalue weighted by molar-refractivity contribution is -0.125. The number of nitrogens with one attached hydrogen (secondary N) is 1. The number of furan rings is 1. The molecular formula is C11H18N2O2. The van der Waals surface area contributed by atoms with Crippen molar-refractivity contribution in [1.29, 1.82) is 0 Å². The molecule has 0 aliphatic heterocycles. The lowest BCUT2D eigenvalue weighted by Gasteiger charge is -2.16. The standard InChI is InChI=1S/C11H18N2O2/c1-3-9(7-12)11(14)13-8(2)10-5-4-6-15-10/h4-6,8-9H,3,7,12H2,1-2H3,(H,13,14)/t8-,9?/m0/s1. The Morgan fingerprint density at radius 3 is 2.87 bits per heavy atom. The molecule has 0 saturated heterocycles. The van der Waals surface area contributed by atoms with Crippen LogP contribution in [-0.2, 0) is 4.79 Å². The van der Waals surface area contributed by atoms with E-state index < -0.39 is 0 Å². The maximum atomic E-state index is 11.7. The van der Waals surface area contributed by atoms with Gasteiger partial charge in [0.15, 0.2) is 0 Å². The van der Waals surface area contributed by atoms with Crippen LogP contribution in [0.2, 0.25) is 0 Å². The van der Waals surface area contributed by atoms with Gasteiger partial charge in [0.1, 0.15) is 5.76 Å². The minimum absolute atomic E-state index is 0.0103. The fourth-order valence-electron chi connectivity index (χ4n) is 1.40. The zero-order valence-electron chi connectivity index (χ0n) is 9.19. The summed E-state index contributed by atoms with van der Waals surface area (Å²) in [4.78, 5) is 11.7. The monoisotopic (exact) mass is 210 g/mol. The zero-order valence-corrected chi connectivity index (χ0v) is 9.19. The Bertz CT molecular complexity index is 292. The fourth-order valence-corrected chi connectivity index (χ4v) is 1.40. The molecule has 0 aliphatic carbocycles. The molecule has 0 spiro atoms. The minimum Gasteiger partial charge on any atom is -0.467 e. The summed E-state index contributed by atoms with van der Waals surface area (Å²) in [7, 11) is 0. The molecule has 4 nitrogen and oxygen atoms in total. The van der Waals surface area contributed by atoms with Crippen molar-refractivity contribution in [3.63, 3.8) is 0 Å². The van der Waals surface area contributed by atoms with Gasteiger partial charge in [0.05, 0.1) is 12.3 Å². The van der Waals surface area contributed by atoms with Crippen LogP contribution in [0.25, 0.3) is 0 Å². The predicted molar refractivity (Wildman–Crippen MR) is 58.1 cm³/mol. The molecule has 0 aromatic carbocycles. The van der Waals surface area contributed by atoms with E-state index in [1.54, 1.807) is 12.3 Å². The van der Waals surface area contributed by atoms with E-state index in [1.807, 2.05) is 19.9 Å². The molecule has 15 heavy (non-hydrogen) atoms. The third kappa shape index (κ3) is 3.09. The van der Waals surface area contributed by atoms with Crippen LogP contribution in [0, 0.1) is 5.92 Å². The van der Waals surface area contributed by atoms with Crippen LogP contribution < -0.4 is 11.1 Å². The Hall–Kier alpha value is -1.29. The summed E-state index contributed by atoms with van der Waals surface area (Å²) in [5.74, 6) is 0.640. The van der Waals surface area contributed by atoms with Crippen molar-refractivity contribution >= 4 is 5.91 Å². The van der Waals surface area contributed by atoms with Gasteiger partial charge in [-0.15, -0.1) is 0 Å². The largest absolute Gasteiger partial charge is 0.467 e. The molecule has 2 atom stereocenters. The van der Waals surface area contributed by atoms with E-state index in [4.69, 9.17) is 10.2 Å². The normalized spacial score (nSPS) is 14.6. The Morgan fingerprint density at radius 1 is 1.67 bits per heavy atom. The minimum atomic E-state index is -0.109. The summed E-state index contributed by atoms with van der Waals surface area (Å²) in [6.07, 6.45) is 2.35. The number of nitrogens with two attached hydrogens (primary N) is 1. The second kappa shape index (κ2) is 5.56. The van der Waals surface area contributed by atoms with E-state index in [9.17, 15) is 4.79 Å². The van der Waals surface area contributed by atoms with Gasteiger partial charge in [-0.2, -0.15) is 0 Å². The molecule has 1 heterocycles. The van der Waals surface area contributed by atoms with Crippen LogP contribution in [0.1, 0.15) is 32.1 Å². The Morgan fingerprint density at radius 2 is 2.40 bits per heavy atom. The number of hydrogen-bond donors (Lipinski definition) is 2. The maximum absolute atomic E-state index is 11.7. The SMILES string of the molecule is CCC(CN)C(=O)N[C@@H](C)c1ccco1. The average Bonchev–Trinajstić information content (AvgIpc) is 2.72. The van der Waals surface area contributed by atoms with Crippen LogP contribution in [0.5, 0.6) is 0 Å². The molecule has 0 fully saturated rings. The summed E-state index contributed by atoms with van der Waals surface area (Å²) < 4.78 is 5.20. The van der Waals surface area contributed by atoms with E-state index in [-0.39, 0.29) is 17.9 Å². The molecule has 84 valence electrons. The lowest BCUT2D eigenvalue weighted by atomic mass is 10.1. The van der Waals surface area contributed by atoms with Crippen molar-refractivity contribution in [1.82, 2.24) is 5.32 Å². The average molecular weight is 210 g/mol. The molecule has 3 N–H and O–H groups in total. The highest BCUT2D eigenvalue weighted by Gasteiger charge is 2.18. The molecular weight excluding hydrogens is 192 g/mol. The highest BCUT2D eigenvalue weighted by Crippen LogP contribution is 2.13. The Kier molecular flexibility index (Phi) is 4.37. The van der Waals surface area contributed by atoms with Crippen molar-refractivity contribution < 1.29 is 9.21 Å². The van der Waals surface area contributed by atoms with Crippen molar-refractivity contribution in [2.75, 3.05) is 6.54 Å². The topological polar surface area (TPSA) is 68.3 Å². The highest BCUT2D eigenvalue weighted by molar-refractivity contribution is 5.79. The number of amides is 1. The predicted octanol–water partition coefficient (Wildman–Crippen LogP) is 1.44. The maximum Gasteiger partial charge on any atom is 0.224 e. The first-order valence-electron chi connectivity index (χ1n) is 5.22. The van der Waals surface area contributed by atoms with Crippen molar-refractivity contribution in [3.8, 4) is 0 Å². The van der Waals surface area contributed by atoms with Gasteiger partial charge in [0.2, 0.25) is 5.91 Å². The molecule has 1 unspecified atom stereocenters. The van der Waals surface area contributed by atoms with Crippen molar-refractivity contribution in [2.24, 2.45) is 11.7 Å². The Balaban J connectivity index is 2.51. The molecule has 0 bridgehead atoms. The zero-order chi connectivity index (χ0) is 11.3. The van der Waals surface area contributed by atoms with E-state index in [2.05, 4.69) is 5.32 Å². The molecule has 0 aliphatic rings. The summed E-state index contributed by atoms with van der Waals surface area (Å²) in [6.45, 7) is 4.22. The molecule has 0 radical (unpaired) electrons. The van der Waals surface area contributed by atoms with Gasteiger partial charge in [-0.05, 0) is 25.5 Å². The van der Waals surface area contributed by atoms with Gasteiger partial charge < -0.3 is 15.5 Å². The Labute approximate surface area is 89.8 Å². The fraction of sp³-hybridized carbons (Fsp3) is 0.545. The number of rotatable bonds is 5. The van der Waals surface area contributed by atoms with Crippen molar-refractivity contribution in [3.05, 3.63) is 24.2 Å². The van der Waals surface area contributed by atoms with E-state index in [0.29, 0.717) is 6.54 Å². The first-order chi connectivity index (χ1) is 7.19. The van der Waals surface area contributed by atoms with Gasteiger partial charge in [0.25, 0.3) is 0 Å². The van der Waals surface area contributed by atoms with E-state index in [1.165, 1.54) is 0 Å². The van der Waals surface area contributed by atoms with E-state index in [0.717, 1.165) is 12.2 Å². The first kappa shape index (κ1) is 11.8. The van der Waals surface area contributed by atoms with Gasteiger partial charge in [-0.25, -0.2) is 0 Å². The van der Waals surface area contributed by atoms with Gasteiger partial charge in [-0.1, -0.05) is 6.92 Å². The molecule has 1 aromatic heterocycles. The smallest absolute Gasteiger partial charge is 0.224 e. The molecule has 1 rings (SSSR count). The third-order valence-electron chi connectivity index (χ3n) is 2.48. The summed E-state index contributed by atoms with van der Waals surface area (Å²) in [5.41, 5.74) is 5.49. The second-order valence-electron chi connectivity index (χ2n) is 3.59. The van der Waals surface area contributed by atoms with Crippen molar-refractivity contribution in [2.45, 2.75) is 26.3 Å². The van der Waals surface area contributed by atoms with Crippen LogP contribution in [0.4, 0.5) is 0 Å². The van der Waals surface area contributed by atoms with Gasteiger partial charge >= 0.3 is 0 Å². The summed E-state index contributed by atoms with van der Waals surface area (Å²) in [5, 5.41) is 2.87. The molecule has 1 amide bonds. The van der Waals surface area contributed by atoms with Gasteiger partial charge in [-0.3, -0.25) is 4.79 Å².